The van der Waals surface area contributed by atoms with E-state index >= 15 is 0 Å². The van der Waals surface area contributed by atoms with Crippen LogP contribution in [0.4, 0.5) is 0 Å². The Morgan fingerprint density at radius 1 is 1.44 bits per heavy atom. The highest BCUT2D eigenvalue weighted by Crippen LogP contribution is 2.14. The molecule has 0 radical (unpaired) electrons. The number of rotatable bonds is 3. The molecule has 0 fully saturated rings. The van der Waals surface area contributed by atoms with E-state index in [0.717, 1.165) is 0 Å². The van der Waals surface area contributed by atoms with Crippen LogP contribution in [0.25, 0.3) is 17.1 Å². The van der Waals surface area contributed by atoms with Crippen LogP contribution in [0.2, 0.25) is 0 Å². The van der Waals surface area contributed by atoms with E-state index in [9.17, 15) is 0 Å². The zero-order valence-corrected chi connectivity index (χ0v) is 10.1. The molecule has 90 valence electrons. The number of allylic oxidation sites excluding steroid dienone is 1. The minimum absolute atomic E-state index is 0.367. The summed E-state index contributed by atoms with van der Waals surface area (Å²) in [7, 11) is 3.67. The lowest BCUT2D eigenvalue weighted by Gasteiger charge is -2.03. The lowest BCUT2D eigenvalue weighted by molar-refractivity contribution is 0.566. The van der Waals surface area contributed by atoms with Crippen molar-refractivity contribution in [2.45, 2.75) is 0 Å². The van der Waals surface area contributed by atoms with Crippen LogP contribution in [-0.4, -0.2) is 39.2 Å². The summed E-state index contributed by atoms with van der Waals surface area (Å²) in [5, 5.41) is 15.9. The molecule has 6 heteroatoms. The molecule has 0 aliphatic heterocycles. The van der Waals surface area contributed by atoms with Gasteiger partial charge in [-0.15, -0.1) is 0 Å². The second-order valence-electron chi connectivity index (χ2n) is 3.84. The number of H-pyrrole nitrogens is 1. The van der Waals surface area contributed by atoms with E-state index in [1.807, 2.05) is 32.3 Å². The zero-order chi connectivity index (χ0) is 13.0. The molecule has 2 aromatic heterocycles. The molecule has 2 aromatic rings. The summed E-state index contributed by atoms with van der Waals surface area (Å²) in [5.74, 6) is 0.914. The second-order valence-corrected chi connectivity index (χ2v) is 3.84. The summed E-state index contributed by atoms with van der Waals surface area (Å²) in [4.78, 5) is 10.2. The Hall–Kier alpha value is -2.68. The fourth-order valence-electron chi connectivity index (χ4n) is 1.39. The number of hydrogen-bond donors (Lipinski definition) is 1. The molecular formula is C12H12N6. The van der Waals surface area contributed by atoms with Crippen molar-refractivity contribution in [2.75, 3.05) is 14.1 Å². The van der Waals surface area contributed by atoms with Crippen LogP contribution in [0.1, 0.15) is 5.82 Å². The van der Waals surface area contributed by atoms with Crippen molar-refractivity contribution in [2.24, 2.45) is 0 Å². The Balaban J connectivity index is 2.34. The van der Waals surface area contributed by atoms with E-state index in [2.05, 4.69) is 26.2 Å². The first kappa shape index (κ1) is 11.8. The Morgan fingerprint density at radius 3 is 2.89 bits per heavy atom. The van der Waals surface area contributed by atoms with Gasteiger partial charge in [-0.2, -0.15) is 10.4 Å². The van der Waals surface area contributed by atoms with Crippen molar-refractivity contribution < 1.29 is 0 Å². The topological polar surface area (TPSA) is 81.5 Å². The molecule has 6 nitrogen and oxygen atoms in total. The average molecular weight is 240 g/mol. The highest BCUT2D eigenvalue weighted by atomic mass is 15.2. The third-order valence-electron chi connectivity index (χ3n) is 2.14. The molecule has 0 spiro atoms. The maximum Gasteiger partial charge on any atom is 0.193 e. The number of nitriles is 1. The average Bonchev–Trinajstić information content (AvgIpc) is 2.86. The fraction of sp³-hybridized carbons (Fsp3) is 0.167. The van der Waals surface area contributed by atoms with Gasteiger partial charge in [0.1, 0.15) is 17.3 Å². The quantitative estimate of drug-likeness (QED) is 0.817. The third kappa shape index (κ3) is 2.52. The van der Waals surface area contributed by atoms with Crippen LogP contribution in [0, 0.1) is 11.3 Å². The van der Waals surface area contributed by atoms with Crippen LogP contribution in [0.3, 0.4) is 0 Å². The summed E-state index contributed by atoms with van der Waals surface area (Å²) in [5.41, 5.74) is 1.09. The Morgan fingerprint density at radius 2 is 2.28 bits per heavy atom. The molecular weight excluding hydrogens is 228 g/mol. The van der Waals surface area contributed by atoms with Gasteiger partial charge in [0.25, 0.3) is 0 Å². The number of nitrogens with one attached hydrogen (secondary N) is 1. The second kappa shape index (κ2) is 5.10. The van der Waals surface area contributed by atoms with Crippen LogP contribution < -0.4 is 0 Å². The van der Waals surface area contributed by atoms with Crippen molar-refractivity contribution >= 4 is 5.57 Å². The van der Waals surface area contributed by atoms with Gasteiger partial charge in [-0.25, -0.2) is 4.98 Å². The van der Waals surface area contributed by atoms with Crippen molar-refractivity contribution in [3.8, 4) is 17.6 Å². The molecule has 2 heterocycles. The van der Waals surface area contributed by atoms with Gasteiger partial charge in [0.15, 0.2) is 11.6 Å². The fourth-order valence-corrected chi connectivity index (χ4v) is 1.39. The molecule has 2 rings (SSSR count). The molecule has 0 bridgehead atoms. The molecule has 0 amide bonds. The molecule has 18 heavy (non-hydrogen) atoms. The lowest BCUT2D eigenvalue weighted by atomic mass is 10.3. The molecule has 0 saturated heterocycles. The highest BCUT2D eigenvalue weighted by molar-refractivity contribution is 5.72. The number of nitrogens with zero attached hydrogens (tertiary/aromatic N) is 5. The first-order valence-electron chi connectivity index (χ1n) is 5.33. The summed E-state index contributed by atoms with van der Waals surface area (Å²) in [6.45, 7) is 0. The van der Waals surface area contributed by atoms with Crippen molar-refractivity contribution in [1.29, 1.82) is 5.26 Å². The molecule has 0 saturated carbocycles. The van der Waals surface area contributed by atoms with E-state index in [4.69, 9.17) is 5.26 Å². The van der Waals surface area contributed by atoms with Crippen LogP contribution >= 0.6 is 0 Å². The third-order valence-corrected chi connectivity index (χ3v) is 2.14. The van der Waals surface area contributed by atoms with Gasteiger partial charge in [0.2, 0.25) is 0 Å². The van der Waals surface area contributed by atoms with E-state index in [0.29, 0.717) is 22.9 Å². The Kier molecular flexibility index (Phi) is 3.34. The summed E-state index contributed by atoms with van der Waals surface area (Å²) >= 11 is 0. The minimum atomic E-state index is 0.367. The van der Waals surface area contributed by atoms with Gasteiger partial charge in [-0.1, -0.05) is 6.07 Å². The van der Waals surface area contributed by atoms with Gasteiger partial charge in [0, 0.05) is 26.5 Å². The molecule has 0 unspecified atom stereocenters. The van der Waals surface area contributed by atoms with Crippen LogP contribution in [0.5, 0.6) is 0 Å². The Bertz CT molecular complexity index is 591. The molecule has 1 N–H and O–H groups in total. The summed E-state index contributed by atoms with van der Waals surface area (Å²) in [6.07, 6.45) is 3.35. The SMILES string of the molecule is CN(C)C=C(C#N)c1n[nH]c(-c2ccccn2)n1. The first-order valence-corrected chi connectivity index (χ1v) is 5.33. The first-order chi connectivity index (χ1) is 8.70. The number of pyridine rings is 1. The predicted octanol–water partition coefficient (Wildman–Crippen LogP) is 1.29. The maximum atomic E-state index is 9.05. The van der Waals surface area contributed by atoms with Crippen molar-refractivity contribution in [3.05, 3.63) is 36.4 Å². The molecule has 0 aliphatic carbocycles. The monoisotopic (exact) mass is 240 g/mol. The molecule has 0 aliphatic rings. The van der Waals surface area contributed by atoms with Gasteiger partial charge in [0.05, 0.1) is 0 Å². The van der Waals surface area contributed by atoms with E-state index < -0.39 is 0 Å². The molecule has 0 aromatic carbocycles. The number of aromatic nitrogens is 4. The number of hydrogen-bond acceptors (Lipinski definition) is 5. The molecule has 0 atom stereocenters. The van der Waals surface area contributed by atoms with Crippen LogP contribution in [-0.2, 0) is 0 Å². The summed E-state index contributed by atoms with van der Waals surface area (Å²) in [6, 6.07) is 7.59. The predicted molar refractivity (Wildman–Crippen MR) is 66.9 cm³/mol. The largest absolute Gasteiger partial charge is 0.382 e. The number of aromatic amines is 1. The highest BCUT2D eigenvalue weighted by Gasteiger charge is 2.10. The minimum Gasteiger partial charge on any atom is -0.382 e. The van der Waals surface area contributed by atoms with Gasteiger partial charge >= 0.3 is 0 Å². The van der Waals surface area contributed by atoms with E-state index in [1.54, 1.807) is 17.3 Å². The van der Waals surface area contributed by atoms with Crippen LogP contribution in [0.15, 0.2) is 30.6 Å². The van der Waals surface area contributed by atoms with Gasteiger partial charge in [-0.3, -0.25) is 10.1 Å². The van der Waals surface area contributed by atoms with Crippen molar-refractivity contribution in [3.63, 3.8) is 0 Å². The van der Waals surface area contributed by atoms with E-state index in [-0.39, 0.29) is 0 Å². The Labute approximate surface area is 105 Å². The maximum absolute atomic E-state index is 9.05. The van der Waals surface area contributed by atoms with Gasteiger partial charge in [-0.05, 0) is 12.1 Å². The standard InChI is InChI=1S/C12H12N6/c1-18(2)8-9(7-13)11-15-12(17-16-11)10-5-3-4-6-14-10/h3-6,8H,1-2H3,(H,15,16,17). The summed E-state index contributed by atoms with van der Waals surface area (Å²) < 4.78 is 0. The zero-order valence-electron chi connectivity index (χ0n) is 10.1. The van der Waals surface area contributed by atoms with Gasteiger partial charge < -0.3 is 4.90 Å². The van der Waals surface area contributed by atoms with Crippen molar-refractivity contribution in [1.82, 2.24) is 25.1 Å². The smallest absolute Gasteiger partial charge is 0.193 e. The lowest BCUT2D eigenvalue weighted by Crippen LogP contribution is -2.02. The van der Waals surface area contributed by atoms with E-state index in [1.165, 1.54) is 0 Å². The normalized spacial score (nSPS) is 11.1.